The minimum absolute atomic E-state index is 0.0340. The number of carbonyl (C=O) groups is 1. The number of amides is 1. The summed E-state index contributed by atoms with van der Waals surface area (Å²) in [6, 6.07) is 3.81. The first kappa shape index (κ1) is 11.9. The van der Waals surface area contributed by atoms with Crippen molar-refractivity contribution in [3.63, 3.8) is 0 Å². The number of aryl methyl sites for hydroxylation is 1. The quantitative estimate of drug-likeness (QED) is 0.862. The Morgan fingerprint density at radius 1 is 1.47 bits per heavy atom. The third-order valence-corrected chi connectivity index (χ3v) is 3.08. The summed E-state index contributed by atoms with van der Waals surface area (Å²) in [5, 5.41) is 0. The first-order chi connectivity index (χ1) is 7.95. The van der Waals surface area contributed by atoms with Crippen molar-refractivity contribution in [1.29, 1.82) is 0 Å². The van der Waals surface area contributed by atoms with E-state index in [-0.39, 0.29) is 12.0 Å². The van der Waals surface area contributed by atoms with Gasteiger partial charge in [0.2, 0.25) is 11.8 Å². The number of primary amides is 1. The van der Waals surface area contributed by atoms with Gasteiger partial charge < -0.3 is 10.5 Å². The number of aromatic nitrogens is 1. The molecule has 0 bridgehead atoms. The van der Waals surface area contributed by atoms with Gasteiger partial charge in [-0.1, -0.05) is 6.07 Å². The van der Waals surface area contributed by atoms with Crippen LogP contribution in [0.25, 0.3) is 0 Å². The number of hydrogen-bond donors (Lipinski definition) is 1. The molecule has 1 heterocycles. The Balaban J connectivity index is 2.43. The molecule has 0 saturated heterocycles. The molecule has 2 rings (SSSR count). The molecule has 1 aliphatic rings. The molecule has 1 fully saturated rings. The standard InChI is InChI=1S/C13H18N2O2/c1-8(2)17-11-10(5-4-9(3)15-11)13(6-7-13)12(14)16/h4-5,8H,6-7H2,1-3H3,(H2,14,16). The Morgan fingerprint density at radius 3 is 2.59 bits per heavy atom. The highest BCUT2D eigenvalue weighted by molar-refractivity contribution is 5.90. The monoisotopic (exact) mass is 234 g/mol. The molecule has 4 heteroatoms. The van der Waals surface area contributed by atoms with E-state index in [1.54, 1.807) is 0 Å². The summed E-state index contributed by atoms with van der Waals surface area (Å²) in [6.07, 6.45) is 1.62. The third-order valence-electron chi connectivity index (χ3n) is 3.08. The summed E-state index contributed by atoms with van der Waals surface area (Å²) >= 11 is 0. The molecule has 0 unspecified atom stereocenters. The molecule has 0 radical (unpaired) electrons. The van der Waals surface area contributed by atoms with E-state index in [4.69, 9.17) is 10.5 Å². The summed E-state index contributed by atoms with van der Waals surface area (Å²) in [5.74, 6) is 0.271. The van der Waals surface area contributed by atoms with E-state index in [1.807, 2.05) is 32.9 Å². The van der Waals surface area contributed by atoms with Crippen LogP contribution < -0.4 is 10.5 Å². The molecule has 4 nitrogen and oxygen atoms in total. The summed E-state index contributed by atoms with van der Waals surface area (Å²) in [4.78, 5) is 15.9. The van der Waals surface area contributed by atoms with Crippen molar-refractivity contribution >= 4 is 5.91 Å². The smallest absolute Gasteiger partial charge is 0.228 e. The second-order valence-corrected chi connectivity index (χ2v) is 4.92. The van der Waals surface area contributed by atoms with Crippen LogP contribution in [0.2, 0.25) is 0 Å². The average Bonchev–Trinajstić information content (AvgIpc) is 2.97. The fourth-order valence-electron chi connectivity index (χ4n) is 1.98. The zero-order valence-corrected chi connectivity index (χ0v) is 10.5. The highest BCUT2D eigenvalue weighted by Gasteiger charge is 2.52. The lowest BCUT2D eigenvalue weighted by Gasteiger charge is -2.18. The number of rotatable bonds is 4. The van der Waals surface area contributed by atoms with Crippen LogP contribution in [0.3, 0.4) is 0 Å². The van der Waals surface area contributed by atoms with Crippen LogP contribution in [0.15, 0.2) is 12.1 Å². The van der Waals surface area contributed by atoms with Gasteiger partial charge in [-0.05, 0) is 39.7 Å². The van der Waals surface area contributed by atoms with Crippen molar-refractivity contribution in [2.45, 2.75) is 45.1 Å². The molecule has 0 aliphatic heterocycles. The van der Waals surface area contributed by atoms with E-state index in [2.05, 4.69) is 4.98 Å². The van der Waals surface area contributed by atoms with E-state index in [9.17, 15) is 4.79 Å². The SMILES string of the molecule is Cc1ccc(C2(C(N)=O)CC2)c(OC(C)C)n1. The van der Waals surface area contributed by atoms with Gasteiger partial charge in [0.25, 0.3) is 0 Å². The molecular weight excluding hydrogens is 216 g/mol. The van der Waals surface area contributed by atoms with Crippen LogP contribution in [0, 0.1) is 6.92 Å². The van der Waals surface area contributed by atoms with Gasteiger partial charge >= 0.3 is 0 Å². The maximum absolute atomic E-state index is 11.5. The molecule has 1 aromatic rings. The predicted octanol–water partition coefficient (Wildman–Crippen LogP) is 1.69. The van der Waals surface area contributed by atoms with Crippen molar-refractivity contribution in [1.82, 2.24) is 4.98 Å². The van der Waals surface area contributed by atoms with Crippen molar-refractivity contribution < 1.29 is 9.53 Å². The lowest BCUT2D eigenvalue weighted by atomic mass is 9.96. The summed E-state index contributed by atoms with van der Waals surface area (Å²) < 4.78 is 5.68. The summed E-state index contributed by atoms with van der Waals surface area (Å²) in [7, 11) is 0. The average molecular weight is 234 g/mol. The van der Waals surface area contributed by atoms with Crippen LogP contribution in [0.5, 0.6) is 5.88 Å². The van der Waals surface area contributed by atoms with Gasteiger partial charge in [-0.2, -0.15) is 0 Å². The second-order valence-electron chi connectivity index (χ2n) is 4.92. The zero-order chi connectivity index (χ0) is 12.6. The number of carbonyl (C=O) groups excluding carboxylic acids is 1. The molecule has 0 spiro atoms. The van der Waals surface area contributed by atoms with Crippen molar-refractivity contribution in [2.24, 2.45) is 5.73 Å². The van der Waals surface area contributed by atoms with E-state index in [1.165, 1.54) is 0 Å². The molecule has 0 aromatic carbocycles. The lowest BCUT2D eigenvalue weighted by Crippen LogP contribution is -2.29. The molecule has 0 atom stereocenters. The Labute approximate surface area is 101 Å². The normalized spacial score (nSPS) is 16.9. The minimum Gasteiger partial charge on any atom is -0.475 e. The lowest BCUT2D eigenvalue weighted by molar-refractivity contribution is -0.120. The molecular formula is C13H18N2O2. The van der Waals surface area contributed by atoms with Crippen LogP contribution in [0.4, 0.5) is 0 Å². The van der Waals surface area contributed by atoms with Crippen molar-refractivity contribution in [3.05, 3.63) is 23.4 Å². The van der Waals surface area contributed by atoms with Gasteiger partial charge in [0, 0.05) is 11.3 Å². The first-order valence-corrected chi connectivity index (χ1v) is 5.90. The Bertz CT molecular complexity index is 451. The fourth-order valence-corrected chi connectivity index (χ4v) is 1.98. The van der Waals surface area contributed by atoms with E-state index in [0.29, 0.717) is 5.88 Å². The highest BCUT2D eigenvalue weighted by Crippen LogP contribution is 2.50. The molecule has 1 saturated carbocycles. The third kappa shape index (κ3) is 2.12. The summed E-state index contributed by atoms with van der Waals surface area (Å²) in [6.45, 7) is 5.79. The Kier molecular flexibility index (Phi) is 2.81. The van der Waals surface area contributed by atoms with Crippen molar-refractivity contribution in [3.8, 4) is 5.88 Å². The molecule has 92 valence electrons. The Morgan fingerprint density at radius 2 is 2.12 bits per heavy atom. The predicted molar refractivity (Wildman–Crippen MR) is 64.8 cm³/mol. The van der Waals surface area contributed by atoms with Gasteiger partial charge in [-0.15, -0.1) is 0 Å². The second kappa shape index (κ2) is 4.02. The van der Waals surface area contributed by atoms with Gasteiger partial charge in [0.15, 0.2) is 0 Å². The highest BCUT2D eigenvalue weighted by atomic mass is 16.5. The van der Waals surface area contributed by atoms with Crippen LogP contribution in [-0.4, -0.2) is 17.0 Å². The number of ether oxygens (including phenoxy) is 1. The molecule has 2 N–H and O–H groups in total. The maximum Gasteiger partial charge on any atom is 0.228 e. The topological polar surface area (TPSA) is 65.2 Å². The van der Waals surface area contributed by atoms with E-state index >= 15 is 0 Å². The molecule has 1 amide bonds. The van der Waals surface area contributed by atoms with Crippen LogP contribution in [0.1, 0.15) is 37.9 Å². The Hall–Kier alpha value is -1.58. The molecule has 17 heavy (non-hydrogen) atoms. The fraction of sp³-hybridized carbons (Fsp3) is 0.538. The number of nitrogens with zero attached hydrogens (tertiary/aromatic N) is 1. The van der Waals surface area contributed by atoms with Crippen LogP contribution >= 0.6 is 0 Å². The number of nitrogens with two attached hydrogens (primary N) is 1. The van der Waals surface area contributed by atoms with Gasteiger partial charge in [0.1, 0.15) is 0 Å². The number of hydrogen-bond acceptors (Lipinski definition) is 3. The minimum atomic E-state index is -0.537. The van der Waals surface area contributed by atoms with Gasteiger partial charge in [-0.3, -0.25) is 4.79 Å². The largest absolute Gasteiger partial charge is 0.475 e. The number of pyridine rings is 1. The molecule has 1 aliphatic carbocycles. The van der Waals surface area contributed by atoms with E-state index in [0.717, 1.165) is 24.1 Å². The molecule has 1 aromatic heterocycles. The van der Waals surface area contributed by atoms with Gasteiger partial charge in [-0.25, -0.2) is 4.98 Å². The maximum atomic E-state index is 11.5. The van der Waals surface area contributed by atoms with Crippen LogP contribution in [-0.2, 0) is 10.2 Å². The van der Waals surface area contributed by atoms with Crippen molar-refractivity contribution in [2.75, 3.05) is 0 Å². The first-order valence-electron chi connectivity index (χ1n) is 5.90. The zero-order valence-electron chi connectivity index (χ0n) is 10.5. The summed E-state index contributed by atoms with van der Waals surface area (Å²) in [5.41, 5.74) is 6.66. The van der Waals surface area contributed by atoms with E-state index < -0.39 is 5.41 Å². The van der Waals surface area contributed by atoms with Gasteiger partial charge in [0.05, 0.1) is 11.5 Å².